The summed E-state index contributed by atoms with van der Waals surface area (Å²) < 4.78 is 5.45. The molecule has 1 atom stereocenters. The Balaban J connectivity index is 1.17. The number of nitrogens with zero attached hydrogens (tertiary/aromatic N) is 2. The van der Waals surface area contributed by atoms with Gasteiger partial charge in [0.05, 0.1) is 5.41 Å². The molecule has 7 nitrogen and oxygen atoms in total. The third-order valence-electron chi connectivity index (χ3n) is 9.01. The van der Waals surface area contributed by atoms with E-state index < -0.39 is 17.7 Å². The molecule has 36 heavy (non-hydrogen) atoms. The molecule has 196 valence electrons. The van der Waals surface area contributed by atoms with Crippen LogP contribution in [0, 0.1) is 16.7 Å². The van der Waals surface area contributed by atoms with Crippen LogP contribution in [0.1, 0.15) is 71.3 Å². The second-order valence-corrected chi connectivity index (χ2v) is 12.8. The third-order valence-corrected chi connectivity index (χ3v) is 9.01. The molecule has 2 aliphatic heterocycles. The Bertz CT molecular complexity index is 967. The van der Waals surface area contributed by atoms with Gasteiger partial charge in [-0.1, -0.05) is 30.3 Å². The van der Waals surface area contributed by atoms with Gasteiger partial charge in [0.2, 0.25) is 11.8 Å². The maximum Gasteiger partial charge on any atom is 0.408 e. The van der Waals surface area contributed by atoms with Gasteiger partial charge in [-0.3, -0.25) is 9.59 Å². The Morgan fingerprint density at radius 2 is 1.50 bits per heavy atom. The lowest BCUT2D eigenvalue weighted by atomic mass is 9.44. The van der Waals surface area contributed by atoms with Crippen molar-refractivity contribution in [1.82, 2.24) is 15.1 Å². The molecular weight excluding hydrogens is 454 g/mol. The first-order chi connectivity index (χ1) is 17.1. The molecule has 2 saturated heterocycles. The van der Waals surface area contributed by atoms with Crippen molar-refractivity contribution >= 4 is 17.9 Å². The Kier molecular flexibility index (Phi) is 6.54. The molecule has 3 aliphatic carbocycles. The molecule has 1 aromatic rings. The molecule has 1 unspecified atom stereocenters. The number of rotatable bonds is 5. The zero-order chi connectivity index (χ0) is 25.6. The third kappa shape index (κ3) is 5.12. The van der Waals surface area contributed by atoms with Crippen molar-refractivity contribution < 1.29 is 19.1 Å². The second-order valence-electron chi connectivity index (χ2n) is 12.8. The van der Waals surface area contributed by atoms with Crippen LogP contribution in [0.4, 0.5) is 4.79 Å². The number of hydrogen-bond acceptors (Lipinski definition) is 4. The van der Waals surface area contributed by atoms with Gasteiger partial charge < -0.3 is 19.9 Å². The van der Waals surface area contributed by atoms with Crippen LogP contribution in [-0.4, -0.2) is 65.5 Å². The van der Waals surface area contributed by atoms with Crippen molar-refractivity contribution in [3.63, 3.8) is 0 Å². The van der Waals surface area contributed by atoms with E-state index in [-0.39, 0.29) is 16.7 Å². The molecular formula is C29H41N3O4. The number of benzene rings is 1. The summed E-state index contributed by atoms with van der Waals surface area (Å²) in [5.74, 6) is 1.18. The SMILES string of the molecule is CC(C)(C)OC(=O)NC(Cc1ccccc1)C(=O)N1CCC2(CC1)CCN(C(=O)C13CC(C1)C3)CC2. The lowest BCUT2D eigenvalue weighted by Crippen LogP contribution is -2.62. The number of likely N-dealkylation sites (tertiary alicyclic amines) is 2. The summed E-state index contributed by atoms with van der Waals surface area (Å²) in [6, 6.07) is 9.12. The van der Waals surface area contributed by atoms with Gasteiger partial charge in [0.1, 0.15) is 11.6 Å². The van der Waals surface area contributed by atoms with Crippen molar-refractivity contribution in [1.29, 1.82) is 0 Å². The number of nitrogens with one attached hydrogen (secondary N) is 1. The molecule has 5 aliphatic rings. The van der Waals surface area contributed by atoms with Crippen LogP contribution in [-0.2, 0) is 20.7 Å². The number of ether oxygens (including phenoxy) is 1. The lowest BCUT2D eigenvalue weighted by molar-refractivity contribution is -0.179. The smallest absolute Gasteiger partial charge is 0.408 e. The molecule has 6 rings (SSSR count). The van der Waals surface area contributed by atoms with Crippen molar-refractivity contribution in [3.05, 3.63) is 35.9 Å². The molecule has 3 saturated carbocycles. The van der Waals surface area contributed by atoms with E-state index >= 15 is 0 Å². The quantitative estimate of drug-likeness (QED) is 0.666. The predicted octanol–water partition coefficient (Wildman–Crippen LogP) is 4.15. The monoisotopic (exact) mass is 495 g/mol. The molecule has 1 spiro atoms. The van der Waals surface area contributed by atoms with Crippen molar-refractivity contribution in [3.8, 4) is 0 Å². The van der Waals surface area contributed by atoms with Crippen molar-refractivity contribution in [2.75, 3.05) is 26.2 Å². The largest absolute Gasteiger partial charge is 0.444 e. The highest BCUT2D eigenvalue weighted by Crippen LogP contribution is 2.65. The van der Waals surface area contributed by atoms with Crippen LogP contribution >= 0.6 is 0 Å². The molecule has 2 heterocycles. The van der Waals surface area contributed by atoms with E-state index in [1.165, 1.54) is 0 Å². The zero-order valence-corrected chi connectivity index (χ0v) is 22.1. The lowest BCUT2D eigenvalue weighted by Gasteiger charge is -2.62. The van der Waals surface area contributed by atoms with Gasteiger partial charge in [-0.15, -0.1) is 0 Å². The van der Waals surface area contributed by atoms with E-state index in [0.29, 0.717) is 25.4 Å². The minimum Gasteiger partial charge on any atom is -0.444 e. The summed E-state index contributed by atoms with van der Waals surface area (Å²) in [4.78, 5) is 43.1. The normalized spacial score (nSPS) is 27.5. The minimum atomic E-state index is -0.663. The van der Waals surface area contributed by atoms with Crippen LogP contribution in [0.2, 0.25) is 0 Å². The standard InChI is InChI=1S/C29H41N3O4/c1-27(2,3)36-26(35)30-23(17-21-7-5-4-6-8-21)24(33)31-13-9-28(10-14-31)11-15-32(16-12-28)25(34)29-18-22(19-29)20-29/h4-8,22-23H,9-20H2,1-3H3,(H,30,35). The molecule has 0 radical (unpaired) electrons. The van der Waals surface area contributed by atoms with Gasteiger partial charge in [-0.05, 0) is 82.6 Å². The van der Waals surface area contributed by atoms with Gasteiger partial charge in [0.25, 0.3) is 0 Å². The van der Waals surface area contributed by atoms with Crippen LogP contribution in [0.5, 0.6) is 0 Å². The number of hydrogen-bond donors (Lipinski definition) is 1. The fourth-order valence-corrected chi connectivity index (χ4v) is 6.68. The average molecular weight is 496 g/mol. The fraction of sp³-hybridized carbons (Fsp3) is 0.690. The molecule has 1 aromatic carbocycles. The first-order valence-corrected chi connectivity index (χ1v) is 13.7. The first-order valence-electron chi connectivity index (χ1n) is 13.7. The molecule has 7 heteroatoms. The van der Waals surface area contributed by atoms with E-state index in [1.807, 2.05) is 56.0 Å². The number of amides is 3. The summed E-state index contributed by atoms with van der Waals surface area (Å²) in [6.45, 7) is 8.56. The van der Waals surface area contributed by atoms with E-state index in [4.69, 9.17) is 4.74 Å². The van der Waals surface area contributed by atoms with Gasteiger partial charge in [0, 0.05) is 32.6 Å². The topological polar surface area (TPSA) is 79.0 Å². The second kappa shape index (κ2) is 9.38. The molecule has 2 bridgehead atoms. The molecule has 1 N–H and O–H groups in total. The highest BCUT2D eigenvalue weighted by atomic mass is 16.6. The maximum atomic E-state index is 13.6. The highest BCUT2D eigenvalue weighted by molar-refractivity contribution is 5.86. The number of carbonyl (C=O) groups excluding carboxylic acids is 3. The summed E-state index contributed by atoms with van der Waals surface area (Å²) in [5.41, 5.74) is 0.609. The van der Waals surface area contributed by atoms with Gasteiger partial charge in [0.15, 0.2) is 0 Å². The minimum absolute atomic E-state index is 0.0137. The van der Waals surface area contributed by atoms with Crippen LogP contribution < -0.4 is 5.32 Å². The molecule has 3 amide bonds. The van der Waals surface area contributed by atoms with Gasteiger partial charge in [-0.25, -0.2) is 4.79 Å². The van der Waals surface area contributed by atoms with Gasteiger partial charge in [-0.2, -0.15) is 0 Å². The molecule has 5 fully saturated rings. The van der Waals surface area contributed by atoms with Crippen molar-refractivity contribution in [2.45, 2.75) is 83.8 Å². The summed E-state index contributed by atoms with van der Waals surface area (Å²) in [6.07, 6.45) is 7.20. The number of alkyl carbamates (subject to hydrolysis) is 1. The number of carbonyl (C=O) groups is 3. The zero-order valence-electron chi connectivity index (χ0n) is 22.1. The number of piperidine rings is 2. The Hall–Kier alpha value is -2.57. The maximum absolute atomic E-state index is 13.6. The Morgan fingerprint density at radius 3 is 2.00 bits per heavy atom. The fourth-order valence-electron chi connectivity index (χ4n) is 6.68. The van der Waals surface area contributed by atoms with Crippen LogP contribution in [0.15, 0.2) is 30.3 Å². The van der Waals surface area contributed by atoms with Crippen LogP contribution in [0.3, 0.4) is 0 Å². The van der Waals surface area contributed by atoms with E-state index in [2.05, 4.69) is 10.2 Å². The summed E-state index contributed by atoms with van der Waals surface area (Å²) in [5, 5.41) is 2.84. The van der Waals surface area contributed by atoms with Crippen molar-refractivity contribution in [2.24, 2.45) is 16.7 Å². The van der Waals surface area contributed by atoms with Gasteiger partial charge >= 0.3 is 6.09 Å². The van der Waals surface area contributed by atoms with Crippen LogP contribution in [0.25, 0.3) is 0 Å². The molecule has 0 aromatic heterocycles. The predicted molar refractivity (Wildman–Crippen MR) is 137 cm³/mol. The Labute approximate surface area is 214 Å². The Morgan fingerprint density at radius 1 is 0.944 bits per heavy atom. The summed E-state index contributed by atoms with van der Waals surface area (Å²) >= 11 is 0. The van der Waals surface area contributed by atoms with E-state index in [9.17, 15) is 14.4 Å². The summed E-state index contributed by atoms with van der Waals surface area (Å²) in [7, 11) is 0. The first kappa shape index (κ1) is 25.1. The average Bonchev–Trinajstić information content (AvgIpc) is 2.76. The highest BCUT2D eigenvalue weighted by Gasteiger charge is 2.62. The van der Waals surface area contributed by atoms with E-state index in [1.54, 1.807) is 0 Å². The van der Waals surface area contributed by atoms with E-state index in [0.717, 1.165) is 69.5 Å².